The Hall–Kier alpha value is -3.97. The number of aryl methyl sites for hydroxylation is 2. The predicted molar refractivity (Wildman–Crippen MR) is 128 cm³/mol. The third kappa shape index (κ3) is 3.36. The number of nitrogen functional groups attached to an aromatic ring is 1. The number of amides is 1. The first-order chi connectivity index (χ1) is 17.2. The monoisotopic (exact) mass is 453 g/mol. The van der Waals surface area contributed by atoms with E-state index in [2.05, 4.69) is 15.4 Å². The second kappa shape index (κ2) is 7.81. The van der Waals surface area contributed by atoms with E-state index in [1.54, 1.807) is 30.6 Å². The maximum atomic E-state index is 13.0. The van der Waals surface area contributed by atoms with Crippen LogP contribution in [0, 0.1) is 13.8 Å². The van der Waals surface area contributed by atoms with Crippen molar-refractivity contribution in [3.05, 3.63) is 111 Å². The van der Waals surface area contributed by atoms with Gasteiger partial charge < -0.3 is 15.8 Å². The highest BCUT2D eigenvalue weighted by atomic mass is 16.5. The van der Waals surface area contributed by atoms with Gasteiger partial charge in [0.1, 0.15) is 18.0 Å². The van der Waals surface area contributed by atoms with Crippen LogP contribution in [-0.2, 0) is 17.8 Å². The van der Waals surface area contributed by atoms with Gasteiger partial charge in [0, 0.05) is 30.2 Å². The minimum atomic E-state index is -1.79. The molecule has 2 aromatic carbocycles. The number of fused-ring (bicyclic) bond motifs is 8. The molecular weight excluding hydrogens is 426 g/mol. The molecule has 2 atom stereocenters. The van der Waals surface area contributed by atoms with Gasteiger partial charge in [-0.3, -0.25) is 9.48 Å². The first kappa shape index (κ1) is 18.5. The van der Waals surface area contributed by atoms with Gasteiger partial charge in [-0.1, -0.05) is 24.3 Å². The zero-order valence-corrected chi connectivity index (χ0v) is 18.9. The van der Waals surface area contributed by atoms with Crippen LogP contribution in [0.4, 0.5) is 5.82 Å². The number of nitrogens with two attached hydrogens (primary N) is 1. The topological polar surface area (TPSA) is 95.1 Å². The molecule has 2 bridgehead atoms. The van der Waals surface area contributed by atoms with E-state index in [1.165, 1.54) is 4.68 Å². The van der Waals surface area contributed by atoms with Gasteiger partial charge in [-0.15, -0.1) is 0 Å². The van der Waals surface area contributed by atoms with E-state index in [0.717, 1.165) is 39.1 Å². The molecule has 2 aliphatic heterocycles. The highest BCUT2D eigenvalue weighted by molar-refractivity contribution is 5.94. The van der Waals surface area contributed by atoms with E-state index in [4.69, 9.17) is 13.2 Å². The molecule has 0 radical (unpaired) electrons. The number of pyridine rings is 1. The molecule has 0 saturated heterocycles. The van der Waals surface area contributed by atoms with Crippen LogP contribution in [0.3, 0.4) is 0 Å². The molecule has 1 amide bonds. The van der Waals surface area contributed by atoms with Gasteiger partial charge in [0.2, 0.25) is 0 Å². The molecule has 34 heavy (non-hydrogen) atoms. The fourth-order valence-electron chi connectivity index (χ4n) is 4.95. The third-order valence-electron chi connectivity index (χ3n) is 6.59. The van der Waals surface area contributed by atoms with Crippen molar-refractivity contribution in [2.45, 2.75) is 39.1 Å². The molecular formula is C27H25N5O2. The number of anilines is 1. The molecule has 0 spiro atoms. The Labute approximate surface area is 200 Å². The lowest BCUT2D eigenvalue weighted by molar-refractivity contribution is 0.0857. The Morgan fingerprint density at radius 1 is 1.12 bits per heavy atom. The number of nitrogens with one attached hydrogen (secondary N) is 1. The first-order valence-corrected chi connectivity index (χ1v) is 11.2. The van der Waals surface area contributed by atoms with Crippen LogP contribution in [0.1, 0.15) is 69.9 Å². The lowest BCUT2D eigenvalue weighted by atomic mass is 9.84. The van der Waals surface area contributed by atoms with Crippen LogP contribution in [0.5, 0.6) is 0 Å². The largest absolute Gasteiger partial charge is 0.384 e. The number of aromatic nitrogens is 3. The van der Waals surface area contributed by atoms with Crippen molar-refractivity contribution in [2.75, 3.05) is 5.73 Å². The first-order valence-electron chi connectivity index (χ1n) is 12.2. The third-order valence-corrected chi connectivity index (χ3v) is 6.59. The van der Waals surface area contributed by atoms with Crippen molar-refractivity contribution < 1.29 is 12.3 Å². The smallest absolute Gasteiger partial charge is 0.251 e. The van der Waals surface area contributed by atoms with Crippen LogP contribution < -0.4 is 11.1 Å². The Kier molecular flexibility index (Phi) is 4.24. The average molecular weight is 454 g/mol. The molecule has 2 aliphatic rings. The molecule has 0 saturated carbocycles. The standard InChI is InChI=1S/C27H25N5O2/c1-15-10-24(28)31-16(2)23(15)13-29-27(33)18-5-7-20-22(12-18)26-21-11-17(14-32-9-3-8-30-32)4-6-19(21)25(20)34-26/h3-12,25-26H,13-14H2,1-2H3,(H2,28,31)(H,29,33)/i14D2. The summed E-state index contributed by atoms with van der Waals surface area (Å²) in [5, 5.41) is 7.08. The number of carbonyl (C=O) groups is 1. The van der Waals surface area contributed by atoms with E-state index >= 15 is 0 Å². The van der Waals surface area contributed by atoms with Gasteiger partial charge in [0.05, 0.1) is 9.24 Å². The Morgan fingerprint density at radius 2 is 1.88 bits per heavy atom. The maximum absolute atomic E-state index is 13.0. The van der Waals surface area contributed by atoms with Crippen LogP contribution in [0.15, 0.2) is 60.9 Å². The summed E-state index contributed by atoms with van der Waals surface area (Å²) in [7, 11) is 0. The van der Waals surface area contributed by atoms with Crippen LogP contribution in [0.2, 0.25) is 0 Å². The number of hydrogen-bond donors (Lipinski definition) is 2. The van der Waals surface area contributed by atoms with Crippen molar-refractivity contribution in [3.63, 3.8) is 0 Å². The molecule has 3 N–H and O–H groups in total. The van der Waals surface area contributed by atoms with Crippen molar-refractivity contribution in [1.29, 1.82) is 0 Å². The van der Waals surface area contributed by atoms with Crippen molar-refractivity contribution in [1.82, 2.24) is 20.1 Å². The summed E-state index contributed by atoms with van der Waals surface area (Å²) < 4.78 is 24.7. The Morgan fingerprint density at radius 3 is 2.65 bits per heavy atom. The average Bonchev–Trinajstić information content (AvgIpc) is 3.59. The predicted octanol–water partition coefficient (Wildman–Crippen LogP) is 3.98. The number of hydrogen-bond acceptors (Lipinski definition) is 5. The van der Waals surface area contributed by atoms with Crippen LogP contribution >= 0.6 is 0 Å². The molecule has 0 fully saturated rings. The quantitative estimate of drug-likeness (QED) is 0.477. The summed E-state index contributed by atoms with van der Waals surface area (Å²) in [6, 6.07) is 14.8. The second-order valence-electron chi connectivity index (χ2n) is 8.76. The lowest BCUT2D eigenvalue weighted by Gasteiger charge is -2.18. The van der Waals surface area contributed by atoms with Crippen molar-refractivity contribution >= 4 is 11.7 Å². The van der Waals surface area contributed by atoms with E-state index in [9.17, 15) is 4.79 Å². The minimum Gasteiger partial charge on any atom is -0.384 e. The molecule has 4 heterocycles. The van der Waals surface area contributed by atoms with Crippen LogP contribution in [0.25, 0.3) is 0 Å². The fourth-order valence-corrected chi connectivity index (χ4v) is 4.95. The van der Waals surface area contributed by atoms with Gasteiger partial charge in [0.25, 0.3) is 5.91 Å². The highest BCUT2D eigenvalue weighted by Crippen LogP contribution is 2.54. The Balaban J connectivity index is 1.26. The molecule has 2 aromatic heterocycles. The molecule has 7 heteroatoms. The second-order valence-corrected chi connectivity index (χ2v) is 8.76. The van der Waals surface area contributed by atoms with E-state index < -0.39 is 6.50 Å². The number of benzene rings is 2. The van der Waals surface area contributed by atoms with Gasteiger partial charge in [-0.25, -0.2) is 4.98 Å². The number of carbonyl (C=O) groups excluding carboxylic acids is 1. The molecule has 2 unspecified atom stereocenters. The van der Waals surface area contributed by atoms with Crippen LogP contribution in [-0.4, -0.2) is 20.7 Å². The lowest BCUT2D eigenvalue weighted by Crippen LogP contribution is -2.24. The molecule has 4 aromatic rings. The summed E-state index contributed by atoms with van der Waals surface area (Å²) in [4.78, 5) is 17.3. The van der Waals surface area contributed by atoms with Gasteiger partial charge in [-0.05, 0) is 77.1 Å². The molecule has 6 rings (SSSR count). The Bertz CT molecular complexity index is 1490. The number of nitrogens with zero attached hydrogens (tertiary/aromatic N) is 3. The van der Waals surface area contributed by atoms with Crippen molar-refractivity contribution in [2.24, 2.45) is 0 Å². The highest BCUT2D eigenvalue weighted by Gasteiger charge is 2.42. The summed E-state index contributed by atoms with van der Waals surface area (Å²) in [5.41, 5.74) is 13.6. The van der Waals surface area contributed by atoms with Gasteiger partial charge >= 0.3 is 0 Å². The van der Waals surface area contributed by atoms with Crippen molar-refractivity contribution in [3.8, 4) is 0 Å². The SMILES string of the molecule is [2H]C([2H])(c1ccc2c(c1)C1OC2c2ccc(C(=O)NCc3c(C)cc(N)nc3C)cc21)n1cccn1. The number of ether oxygens (including phenoxy) is 1. The zero-order chi connectivity index (χ0) is 25.2. The minimum absolute atomic E-state index is 0.180. The number of rotatable bonds is 5. The van der Waals surface area contributed by atoms with Gasteiger partial charge in [0.15, 0.2) is 0 Å². The van der Waals surface area contributed by atoms with E-state index in [1.807, 2.05) is 44.2 Å². The maximum Gasteiger partial charge on any atom is 0.251 e. The van der Waals surface area contributed by atoms with Gasteiger partial charge in [-0.2, -0.15) is 5.10 Å². The summed E-state index contributed by atoms with van der Waals surface area (Å²) in [5.74, 6) is 0.287. The van der Waals surface area contributed by atoms with E-state index in [-0.39, 0.29) is 18.1 Å². The summed E-state index contributed by atoms with van der Waals surface area (Å²) in [6.07, 6.45) is 2.62. The van der Waals surface area contributed by atoms with E-state index in [0.29, 0.717) is 23.5 Å². The summed E-state index contributed by atoms with van der Waals surface area (Å²) in [6.45, 7) is 2.40. The fraction of sp³-hybridized carbons (Fsp3) is 0.222. The molecule has 0 aliphatic carbocycles. The molecule has 170 valence electrons. The molecule has 7 nitrogen and oxygen atoms in total. The normalized spacial score (nSPS) is 18.8. The zero-order valence-electron chi connectivity index (χ0n) is 20.9. The summed E-state index contributed by atoms with van der Waals surface area (Å²) >= 11 is 0.